The number of carbonyl (C=O) groups excluding carboxylic acids is 1. The largest absolute Gasteiger partial charge is 0.493 e. The fourth-order valence-electron chi connectivity index (χ4n) is 8.41. The summed E-state index contributed by atoms with van der Waals surface area (Å²) in [6.07, 6.45) is 7.26. The van der Waals surface area contributed by atoms with Crippen molar-refractivity contribution in [2.24, 2.45) is 11.8 Å². The molecule has 37 heavy (non-hydrogen) atoms. The van der Waals surface area contributed by atoms with E-state index >= 15 is 0 Å². The van der Waals surface area contributed by atoms with Gasteiger partial charge in [0.05, 0.1) is 18.6 Å². The molecule has 2 bridgehead atoms. The summed E-state index contributed by atoms with van der Waals surface area (Å²) in [5.41, 5.74) is 3.29. The Kier molecular flexibility index (Phi) is 5.50. The van der Waals surface area contributed by atoms with E-state index < -0.39 is 11.2 Å². The van der Waals surface area contributed by atoms with E-state index in [1.807, 2.05) is 12.1 Å². The maximum absolute atomic E-state index is 14.1. The van der Waals surface area contributed by atoms with Crippen LogP contribution in [0.2, 0.25) is 0 Å². The van der Waals surface area contributed by atoms with E-state index in [1.165, 1.54) is 42.5 Å². The molecule has 5 nitrogen and oxygen atoms in total. The Balaban J connectivity index is 1.34. The zero-order valence-corrected chi connectivity index (χ0v) is 22.4. The van der Waals surface area contributed by atoms with Crippen molar-refractivity contribution in [3.8, 4) is 11.5 Å². The van der Waals surface area contributed by atoms with E-state index in [2.05, 4.69) is 49.1 Å². The zero-order chi connectivity index (χ0) is 25.4. The third-order valence-corrected chi connectivity index (χ3v) is 10.6. The highest BCUT2D eigenvalue weighted by atomic mass is 16.7. The number of Topliss-reactive ketones (excluding diaryl/α,β-unsaturated/α-hetero) is 1. The molecule has 3 aliphatic carbocycles. The number of rotatable bonds is 7. The molecule has 7 rings (SSSR count). The van der Waals surface area contributed by atoms with Crippen LogP contribution in [0.25, 0.3) is 0 Å². The van der Waals surface area contributed by atoms with Gasteiger partial charge >= 0.3 is 0 Å². The van der Waals surface area contributed by atoms with Crippen LogP contribution in [-0.4, -0.2) is 48.8 Å². The Labute approximate surface area is 220 Å². The summed E-state index contributed by atoms with van der Waals surface area (Å²) in [6.45, 7) is 6.49. The zero-order valence-electron chi connectivity index (χ0n) is 22.4. The van der Waals surface area contributed by atoms with Crippen LogP contribution in [0.15, 0.2) is 42.5 Å². The van der Waals surface area contributed by atoms with Crippen LogP contribution in [0, 0.1) is 11.8 Å². The van der Waals surface area contributed by atoms with Gasteiger partial charge < -0.3 is 14.2 Å². The van der Waals surface area contributed by atoms with Crippen molar-refractivity contribution >= 4 is 5.78 Å². The first kappa shape index (κ1) is 23.7. The van der Waals surface area contributed by atoms with Crippen LogP contribution < -0.4 is 9.47 Å². The number of methoxy groups -OCH3 is 1. The number of ketones is 1. The molecular formula is C32H39NO4. The third kappa shape index (κ3) is 3.19. The second-order valence-electron chi connectivity index (χ2n) is 12.2. The smallest absolute Gasteiger partial charge is 0.281 e. The maximum Gasteiger partial charge on any atom is 0.281 e. The highest BCUT2D eigenvalue weighted by molar-refractivity contribution is 5.92. The summed E-state index contributed by atoms with van der Waals surface area (Å²) in [5.74, 6) is 1.60. The molecular weight excluding hydrogens is 462 g/mol. The number of carbonyl (C=O) groups is 1. The number of nitrogens with zero attached hydrogens (tertiary/aromatic N) is 1. The molecule has 196 valence electrons. The highest BCUT2D eigenvalue weighted by Gasteiger charge is 2.75. The van der Waals surface area contributed by atoms with Gasteiger partial charge in [0.1, 0.15) is 0 Å². The number of ether oxygens (including phenoxy) is 3. The van der Waals surface area contributed by atoms with E-state index in [0.29, 0.717) is 18.4 Å². The molecule has 2 saturated carbocycles. The van der Waals surface area contributed by atoms with Gasteiger partial charge in [-0.25, -0.2) is 0 Å². The molecule has 2 aromatic carbocycles. The molecule has 2 aliphatic heterocycles. The third-order valence-electron chi connectivity index (χ3n) is 10.6. The predicted octanol–water partition coefficient (Wildman–Crippen LogP) is 5.64. The second-order valence-corrected chi connectivity index (χ2v) is 12.2. The second kappa shape index (κ2) is 8.57. The molecule has 3 unspecified atom stereocenters. The van der Waals surface area contributed by atoms with Crippen LogP contribution in [0.3, 0.4) is 0 Å². The summed E-state index contributed by atoms with van der Waals surface area (Å²) in [5, 5.41) is 0. The number of piperidine rings is 1. The lowest BCUT2D eigenvalue weighted by atomic mass is 9.50. The Morgan fingerprint density at radius 3 is 2.65 bits per heavy atom. The minimum Gasteiger partial charge on any atom is -0.493 e. The normalized spacial score (nSPS) is 33.8. The monoisotopic (exact) mass is 501 g/mol. The first-order valence-corrected chi connectivity index (χ1v) is 14.4. The van der Waals surface area contributed by atoms with E-state index in [0.717, 1.165) is 43.2 Å². The molecule has 0 radical (unpaired) electrons. The molecule has 2 aromatic rings. The topological polar surface area (TPSA) is 48.0 Å². The SMILES string of the molecule is COc1ccc2c3c1OC1(OC(C)C(C)c4ccccc4)C(=O)CC[C@H]4[C@@H](C2)N(CC2CCC2)CC[C@@]341. The summed E-state index contributed by atoms with van der Waals surface area (Å²) >= 11 is 0. The van der Waals surface area contributed by atoms with Crippen LogP contribution >= 0.6 is 0 Å². The van der Waals surface area contributed by atoms with Crippen molar-refractivity contribution in [2.75, 3.05) is 20.2 Å². The van der Waals surface area contributed by atoms with Crippen LogP contribution in [-0.2, 0) is 21.4 Å². The molecule has 0 N–H and O–H groups in total. The summed E-state index contributed by atoms with van der Waals surface area (Å²) in [4.78, 5) is 16.9. The summed E-state index contributed by atoms with van der Waals surface area (Å²) in [7, 11) is 1.70. The van der Waals surface area contributed by atoms with Crippen LogP contribution in [0.5, 0.6) is 11.5 Å². The molecule has 3 fully saturated rings. The van der Waals surface area contributed by atoms with Gasteiger partial charge in [0, 0.05) is 30.5 Å². The lowest BCUT2D eigenvalue weighted by Gasteiger charge is -2.61. The number of likely N-dealkylation sites (tertiary alicyclic amines) is 1. The fraction of sp³-hybridized carbons (Fsp3) is 0.594. The summed E-state index contributed by atoms with van der Waals surface area (Å²) < 4.78 is 19.8. The molecule has 2 heterocycles. The molecule has 0 aromatic heterocycles. The minimum absolute atomic E-state index is 0.105. The van der Waals surface area contributed by atoms with Crippen molar-refractivity contribution in [1.29, 1.82) is 0 Å². The predicted molar refractivity (Wildman–Crippen MR) is 142 cm³/mol. The molecule has 6 atom stereocenters. The molecule has 1 saturated heterocycles. The van der Waals surface area contributed by atoms with Gasteiger partial charge in [-0.1, -0.05) is 49.7 Å². The van der Waals surface area contributed by atoms with E-state index in [1.54, 1.807) is 7.11 Å². The minimum atomic E-state index is -1.29. The Morgan fingerprint density at radius 2 is 1.92 bits per heavy atom. The maximum atomic E-state index is 14.1. The van der Waals surface area contributed by atoms with Crippen molar-refractivity contribution in [3.05, 3.63) is 59.2 Å². The Bertz CT molecular complexity index is 1210. The van der Waals surface area contributed by atoms with E-state index in [4.69, 9.17) is 14.2 Å². The van der Waals surface area contributed by atoms with Crippen molar-refractivity contribution in [2.45, 2.75) is 88.1 Å². The van der Waals surface area contributed by atoms with Crippen molar-refractivity contribution < 1.29 is 19.0 Å². The van der Waals surface area contributed by atoms with Crippen molar-refractivity contribution in [3.63, 3.8) is 0 Å². The molecule has 5 aliphatic rings. The summed E-state index contributed by atoms with van der Waals surface area (Å²) in [6, 6.07) is 15.2. The first-order chi connectivity index (χ1) is 18.0. The van der Waals surface area contributed by atoms with Gasteiger partial charge in [-0.15, -0.1) is 0 Å². The number of hydrogen-bond donors (Lipinski definition) is 0. The molecule has 5 heteroatoms. The average Bonchev–Trinajstić information content (AvgIpc) is 3.19. The Morgan fingerprint density at radius 1 is 1.11 bits per heavy atom. The quantitative estimate of drug-likeness (QED) is 0.491. The number of benzene rings is 2. The van der Waals surface area contributed by atoms with Crippen LogP contribution in [0.1, 0.15) is 75.0 Å². The fourth-order valence-corrected chi connectivity index (χ4v) is 8.41. The lowest BCUT2D eigenvalue weighted by molar-refractivity contribution is -0.259. The van der Waals surface area contributed by atoms with Gasteiger partial charge in [-0.3, -0.25) is 9.69 Å². The van der Waals surface area contributed by atoms with Crippen LogP contribution in [0.4, 0.5) is 0 Å². The molecule has 0 amide bonds. The Hall–Kier alpha value is -2.37. The highest BCUT2D eigenvalue weighted by Crippen LogP contribution is 2.68. The molecule has 1 spiro atoms. The number of hydrogen-bond acceptors (Lipinski definition) is 5. The van der Waals surface area contributed by atoms with Crippen molar-refractivity contribution in [1.82, 2.24) is 4.90 Å². The van der Waals surface area contributed by atoms with E-state index in [-0.39, 0.29) is 17.8 Å². The van der Waals surface area contributed by atoms with Gasteiger partial charge in [-0.05, 0) is 74.6 Å². The van der Waals surface area contributed by atoms with Gasteiger partial charge in [0.25, 0.3) is 5.79 Å². The standard InChI is InChI=1S/C32H39NO4/c1-20(23-10-5-4-6-11-23)21(2)36-32-28(34)15-13-25-26-18-24-12-14-27(35-3)30(37-32)29(24)31(25,32)16-17-33(26)19-22-8-7-9-22/h4-6,10-12,14,20-22,25-26H,7-9,13,15-19H2,1-3H3/t20?,21?,25-,26+,31-,32?/m0/s1. The first-order valence-electron chi connectivity index (χ1n) is 14.4. The lowest BCUT2D eigenvalue weighted by Crippen LogP contribution is -2.73. The average molecular weight is 502 g/mol. The van der Waals surface area contributed by atoms with E-state index in [9.17, 15) is 4.79 Å². The van der Waals surface area contributed by atoms with Gasteiger partial charge in [-0.2, -0.15) is 0 Å². The van der Waals surface area contributed by atoms with Gasteiger partial charge in [0.2, 0.25) is 5.78 Å². The van der Waals surface area contributed by atoms with Gasteiger partial charge in [0.15, 0.2) is 11.5 Å².